The van der Waals surface area contributed by atoms with E-state index >= 15 is 0 Å². The summed E-state index contributed by atoms with van der Waals surface area (Å²) < 4.78 is 19.5. The van der Waals surface area contributed by atoms with Crippen LogP contribution in [0, 0.1) is 12.7 Å². The molecular weight excluding hydrogens is 404 g/mol. The minimum Gasteiger partial charge on any atom is -0.428 e. The van der Waals surface area contributed by atoms with Crippen LogP contribution in [-0.4, -0.2) is 12.4 Å². The first-order valence-corrected chi connectivity index (χ1v) is 8.92. The van der Waals surface area contributed by atoms with E-state index in [1.54, 1.807) is 30.3 Å². The molecule has 4 nitrogen and oxygen atoms in total. The molecule has 0 radical (unpaired) electrons. The maximum Gasteiger partial charge on any atom is 0.298 e. The predicted octanol–water partition coefficient (Wildman–Crippen LogP) is 5.90. The zero-order valence-corrected chi connectivity index (χ0v) is 16.1. The summed E-state index contributed by atoms with van der Waals surface area (Å²) in [4.78, 5) is 23.1. The molecule has 1 N–H and O–H groups in total. The van der Waals surface area contributed by atoms with Crippen molar-refractivity contribution in [1.82, 2.24) is 0 Å². The lowest BCUT2D eigenvalue weighted by Crippen LogP contribution is -2.15. The molecule has 0 heterocycles. The van der Waals surface area contributed by atoms with Gasteiger partial charge in [0.1, 0.15) is 11.6 Å². The van der Waals surface area contributed by atoms with Crippen molar-refractivity contribution in [2.24, 2.45) is 0 Å². The molecule has 7 heteroatoms. The summed E-state index contributed by atoms with van der Waals surface area (Å²) in [5.74, 6) is -1.30. The standard InChI is InChI=1S/C21H14Cl2FNO3/c1-12-8-13(6-7-16(12)22)14-9-17(23)20(18(24)10-14)25-21(27)15-4-2-3-5-19(15)28-11-26/h2-11H,1H3,(H,25,27). The Morgan fingerprint density at radius 2 is 1.79 bits per heavy atom. The molecular formula is C21H14Cl2FNO3. The summed E-state index contributed by atoms with van der Waals surface area (Å²) in [7, 11) is 0. The maximum atomic E-state index is 14.7. The predicted molar refractivity (Wildman–Crippen MR) is 108 cm³/mol. The average Bonchev–Trinajstić information content (AvgIpc) is 2.67. The number of rotatable bonds is 5. The third kappa shape index (κ3) is 4.16. The number of hydrogen-bond acceptors (Lipinski definition) is 3. The van der Waals surface area contributed by atoms with E-state index in [1.165, 1.54) is 18.2 Å². The van der Waals surface area contributed by atoms with Crippen molar-refractivity contribution in [1.29, 1.82) is 0 Å². The van der Waals surface area contributed by atoms with Crippen molar-refractivity contribution < 1.29 is 18.7 Å². The summed E-state index contributed by atoms with van der Waals surface area (Å²) in [6, 6.07) is 14.2. The fourth-order valence-electron chi connectivity index (χ4n) is 2.67. The Hall–Kier alpha value is -2.89. The third-order valence-corrected chi connectivity index (χ3v) is 4.80. The quantitative estimate of drug-likeness (QED) is 0.526. The highest BCUT2D eigenvalue weighted by Gasteiger charge is 2.18. The first-order chi connectivity index (χ1) is 13.4. The van der Waals surface area contributed by atoms with Crippen LogP contribution >= 0.6 is 23.2 Å². The van der Waals surface area contributed by atoms with Crippen LogP contribution in [0.2, 0.25) is 10.0 Å². The number of anilines is 1. The summed E-state index contributed by atoms with van der Waals surface area (Å²) in [6.45, 7) is 2.06. The number of benzene rings is 3. The zero-order chi connectivity index (χ0) is 20.3. The largest absolute Gasteiger partial charge is 0.428 e. The highest BCUT2D eigenvalue weighted by molar-refractivity contribution is 6.34. The molecule has 1 amide bonds. The maximum absolute atomic E-state index is 14.7. The van der Waals surface area contributed by atoms with Crippen LogP contribution in [-0.2, 0) is 4.79 Å². The van der Waals surface area contributed by atoms with Gasteiger partial charge in [0.25, 0.3) is 12.4 Å². The Morgan fingerprint density at radius 1 is 1.04 bits per heavy atom. The number of ether oxygens (including phenoxy) is 1. The summed E-state index contributed by atoms with van der Waals surface area (Å²) in [6.07, 6.45) is 0. The van der Waals surface area contributed by atoms with E-state index in [0.29, 0.717) is 10.6 Å². The molecule has 28 heavy (non-hydrogen) atoms. The molecule has 0 aliphatic rings. The van der Waals surface area contributed by atoms with Crippen molar-refractivity contribution in [2.75, 3.05) is 5.32 Å². The van der Waals surface area contributed by atoms with Gasteiger partial charge in [-0.1, -0.05) is 41.4 Å². The fraction of sp³-hybridized carbons (Fsp3) is 0.0476. The van der Waals surface area contributed by atoms with E-state index in [1.807, 2.05) is 13.0 Å². The molecule has 0 aliphatic carbocycles. The number of aryl methyl sites for hydroxylation is 1. The van der Waals surface area contributed by atoms with Gasteiger partial charge in [-0.05, 0) is 60.0 Å². The summed E-state index contributed by atoms with van der Waals surface area (Å²) >= 11 is 12.2. The summed E-state index contributed by atoms with van der Waals surface area (Å²) in [5.41, 5.74) is 2.04. The van der Waals surface area contributed by atoms with Crippen molar-refractivity contribution in [3.05, 3.63) is 81.6 Å². The lowest BCUT2D eigenvalue weighted by Gasteiger charge is -2.13. The molecule has 0 saturated carbocycles. The molecule has 0 saturated heterocycles. The second-order valence-corrected chi connectivity index (χ2v) is 6.76. The van der Waals surface area contributed by atoms with Crippen LogP contribution < -0.4 is 10.1 Å². The molecule has 0 spiro atoms. The molecule has 0 atom stereocenters. The average molecular weight is 418 g/mol. The first-order valence-electron chi connectivity index (χ1n) is 8.17. The Kier molecular flexibility index (Phi) is 5.97. The van der Waals surface area contributed by atoms with Gasteiger partial charge in [-0.25, -0.2) is 4.39 Å². The van der Waals surface area contributed by atoms with Gasteiger partial charge in [-0.3, -0.25) is 9.59 Å². The third-order valence-electron chi connectivity index (χ3n) is 4.08. The van der Waals surface area contributed by atoms with Gasteiger partial charge >= 0.3 is 0 Å². The van der Waals surface area contributed by atoms with Crippen LogP contribution in [0.25, 0.3) is 11.1 Å². The molecule has 0 bridgehead atoms. The van der Waals surface area contributed by atoms with Gasteiger partial charge in [-0.2, -0.15) is 0 Å². The van der Waals surface area contributed by atoms with Gasteiger partial charge in [-0.15, -0.1) is 0 Å². The number of para-hydroxylation sites is 1. The van der Waals surface area contributed by atoms with Crippen molar-refractivity contribution in [2.45, 2.75) is 6.92 Å². The number of amides is 1. The first kappa shape index (κ1) is 19.9. The SMILES string of the molecule is Cc1cc(-c2cc(F)c(NC(=O)c3ccccc3OC=O)c(Cl)c2)ccc1Cl. The minimum atomic E-state index is -0.697. The topological polar surface area (TPSA) is 55.4 Å². The lowest BCUT2D eigenvalue weighted by atomic mass is 10.0. The smallest absolute Gasteiger partial charge is 0.298 e. The molecule has 0 unspecified atom stereocenters. The number of carbonyl (C=O) groups excluding carboxylic acids is 2. The van der Waals surface area contributed by atoms with E-state index in [-0.39, 0.29) is 28.5 Å². The molecule has 3 aromatic carbocycles. The number of hydrogen-bond donors (Lipinski definition) is 1. The number of carbonyl (C=O) groups is 2. The van der Waals surface area contributed by atoms with Crippen LogP contribution in [0.15, 0.2) is 54.6 Å². The Balaban J connectivity index is 1.92. The second kappa shape index (κ2) is 8.42. The Labute approximate surface area is 170 Å². The summed E-state index contributed by atoms with van der Waals surface area (Å²) in [5, 5.41) is 3.07. The number of halogens is 3. The van der Waals surface area contributed by atoms with Gasteiger partial charge in [0.2, 0.25) is 0 Å². The van der Waals surface area contributed by atoms with Crippen LogP contribution in [0.4, 0.5) is 10.1 Å². The van der Waals surface area contributed by atoms with Gasteiger partial charge in [0, 0.05) is 5.02 Å². The van der Waals surface area contributed by atoms with Gasteiger partial charge < -0.3 is 10.1 Å². The normalized spacial score (nSPS) is 10.4. The van der Waals surface area contributed by atoms with E-state index in [2.05, 4.69) is 5.32 Å². The minimum absolute atomic E-state index is 0.0322. The Bertz CT molecular complexity index is 1050. The van der Waals surface area contributed by atoms with Crippen molar-refractivity contribution in [3.63, 3.8) is 0 Å². The highest BCUT2D eigenvalue weighted by Crippen LogP contribution is 2.33. The molecule has 0 aliphatic heterocycles. The van der Waals surface area contributed by atoms with E-state index in [9.17, 15) is 14.0 Å². The van der Waals surface area contributed by atoms with Gasteiger partial charge in [0.15, 0.2) is 0 Å². The van der Waals surface area contributed by atoms with Crippen LogP contribution in [0.1, 0.15) is 15.9 Å². The lowest BCUT2D eigenvalue weighted by molar-refractivity contribution is -0.120. The highest BCUT2D eigenvalue weighted by atomic mass is 35.5. The molecule has 3 aromatic rings. The molecule has 0 fully saturated rings. The Morgan fingerprint density at radius 3 is 2.46 bits per heavy atom. The van der Waals surface area contributed by atoms with Crippen LogP contribution in [0.3, 0.4) is 0 Å². The van der Waals surface area contributed by atoms with Gasteiger partial charge in [0.05, 0.1) is 16.3 Å². The molecule has 142 valence electrons. The second-order valence-electron chi connectivity index (χ2n) is 5.94. The van der Waals surface area contributed by atoms with Crippen LogP contribution in [0.5, 0.6) is 5.75 Å². The molecule has 3 rings (SSSR count). The monoisotopic (exact) mass is 417 g/mol. The van der Waals surface area contributed by atoms with Crippen molar-refractivity contribution >= 4 is 41.3 Å². The van der Waals surface area contributed by atoms with E-state index < -0.39 is 11.7 Å². The van der Waals surface area contributed by atoms with E-state index in [4.69, 9.17) is 27.9 Å². The molecule has 0 aromatic heterocycles. The van der Waals surface area contributed by atoms with E-state index in [0.717, 1.165) is 11.1 Å². The fourth-order valence-corrected chi connectivity index (χ4v) is 3.05. The number of nitrogens with one attached hydrogen (secondary N) is 1. The van der Waals surface area contributed by atoms with Crippen molar-refractivity contribution in [3.8, 4) is 16.9 Å². The zero-order valence-electron chi connectivity index (χ0n) is 14.6.